The first kappa shape index (κ1) is 20.7. The van der Waals surface area contributed by atoms with E-state index in [1.807, 2.05) is 9.80 Å². The zero-order valence-electron chi connectivity index (χ0n) is 18.5. The molecule has 0 unspecified atom stereocenters. The number of amidine groups is 1. The molecular formula is C21H30FN7O. The second-order valence-corrected chi connectivity index (χ2v) is 9.08. The molecule has 0 spiro atoms. The number of urea groups is 1. The van der Waals surface area contributed by atoms with E-state index in [2.05, 4.69) is 59.9 Å². The highest BCUT2D eigenvalue weighted by atomic mass is 19.1. The van der Waals surface area contributed by atoms with E-state index in [4.69, 9.17) is 0 Å². The minimum absolute atomic E-state index is 0.0465. The van der Waals surface area contributed by atoms with Crippen LogP contribution >= 0.6 is 0 Å². The fraction of sp³-hybridized carbons (Fsp3) is 0.619. The first-order valence-electron chi connectivity index (χ1n) is 10.4. The molecule has 162 valence electrons. The Morgan fingerprint density at radius 3 is 2.73 bits per heavy atom. The number of nitrogens with one attached hydrogen (secondary N) is 1. The lowest BCUT2D eigenvalue weighted by atomic mass is 9.94. The molecule has 0 aromatic carbocycles. The van der Waals surface area contributed by atoms with Gasteiger partial charge in [-0.25, -0.2) is 19.2 Å². The number of hydrogen-bond acceptors (Lipinski definition) is 6. The highest BCUT2D eigenvalue weighted by Gasteiger charge is 2.47. The number of amides is 2. The van der Waals surface area contributed by atoms with Gasteiger partial charge in [-0.1, -0.05) is 0 Å². The standard InChI is InChI=1S/C21H30FN7O/c1-12-10-28(13(2)9-27(12)6)20(30)29-11-15-16(21(29,4)5)7-24-18(15)26-19-17(22)8-23-14(3)25-19/h8,12-13H,7,9-11H2,1-6H3,(H,23,24,25,26)/t12-,13+/m1/s1. The normalized spacial score (nSPS) is 26.2. The van der Waals surface area contributed by atoms with Crippen molar-refractivity contribution in [1.82, 2.24) is 24.7 Å². The van der Waals surface area contributed by atoms with E-state index in [1.54, 1.807) is 6.92 Å². The zero-order valence-corrected chi connectivity index (χ0v) is 18.5. The number of halogens is 1. The lowest BCUT2D eigenvalue weighted by molar-refractivity contribution is 0.0553. The summed E-state index contributed by atoms with van der Waals surface area (Å²) < 4.78 is 14.1. The molecule has 4 heterocycles. The van der Waals surface area contributed by atoms with Gasteiger partial charge in [-0.3, -0.25) is 9.89 Å². The van der Waals surface area contributed by atoms with Crippen LogP contribution in [0.25, 0.3) is 0 Å². The van der Waals surface area contributed by atoms with E-state index in [1.165, 1.54) is 0 Å². The van der Waals surface area contributed by atoms with Crippen LogP contribution in [-0.2, 0) is 0 Å². The average molecular weight is 416 g/mol. The van der Waals surface area contributed by atoms with Gasteiger partial charge in [0.25, 0.3) is 0 Å². The molecule has 1 aromatic rings. The minimum atomic E-state index is -0.525. The Morgan fingerprint density at radius 1 is 1.27 bits per heavy atom. The summed E-state index contributed by atoms with van der Waals surface area (Å²) in [7, 11) is 2.10. The fourth-order valence-corrected chi connectivity index (χ4v) is 4.54. The number of carbonyl (C=O) groups is 1. The number of aliphatic imine (C=N–C) groups is 1. The van der Waals surface area contributed by atoms with Crippen molar-refractivity contribution < 1.29 is 9.18 Å². The van der Waals surface area contributed by atoms with Crippen LogP contribution in [0.5, 0.6) is 0 Å². The summed E-state index contributed by atoms with van der Waals surface area (Å²) in [6.45, 7) is 12.6. The van der Waals surface area contributed by atoms with Gasteiger partial charge in [0.15, 0.2) is 11.6 Å². The molecule has 3 aliphatic rings. The first-order chi connectivity index (χ1) is 14.1. The Bertz CT molecular complexity index is 941. The summed E-state index contributed by atoms with van der Waals surface area (Å²) in [6, 6.07) is 0.512. The van der Waals surface area contributed by atoms with Crippen LogP contribution in [0.4, 0.5) is 15.0 Å². The number of aromatic nitrogens is 2. The van der Waals surface area contributed by atoms with E-state index < -0.39 is 11.4 Å². The van der Waals surface area contributed by atoms with Crippen molar-refractivity contribution >= 4 is 17.7 Å². The monoisotopic (exact) mass is 415 g/mol. The number of aryl methyl sites for hydroxylation is 1. The molecule has 0 saturated carbocycles. The molecule has 0 radical (unpaired) electrons. The first-order valence-corrected chi connectivity index (χ1v) is 10.4. The molecule has 8 nitrogen and oxygen atoms in total. The maximum atomic E-state index is 14.1. The molecule has 1 fully saturated rings. The zero-order chi connectivity index (χ0) is 21.8. The summed E-state index contributed by atoms with van der Waals surface area (Å²) >= 11 is 0. The Morgan fingerprint density at radius 2 is 2.00 bits per heavy atom. The van der Waals surface area contributed by atoms with Crippen molar-refractivity contribution in [2.45, 2.75) is 52.2 Å². The van der Waals surface area contributed by atoms with Gasteiger partial charge >= 0.3 is 6.03 Å². The summed E-state index contributed by atoms with van der Waals surface area (Å²) in [5.41, 5.74) is 1.60. The molecule has 1 saturated heterocycles. The second-order valence-electron chi connectivity index (χ2n) is 9.08. The van der Waals surface area contributed by atoms with Gasteiger partial charge in [0.05, 0.1) is 24.8 Å². The van der Waals surface area contributed by atoms with Crippen LogP contribution in [-0.4, -0.2) is 87.4 Å². The second kappa shape index (κ2) is 7.30. The van der Waals surface area contributed by atoms with Crippen LogP contribution < -0.4 is 5.32 Å². The number of likely N-dealkylation sites (N-methyl/N-ethyl adjacent to an activating group) is 1. The van der Waals surface area contributed by atoms with Crippen LogP contribution in [0.1, 0.15) is 33.5 Å². The van der Waals surface area contributed by atoms with Crippen LogP contribution in [0, 0.1) is 12.7 Å². The van der Waals surface area contributed by atoms with Crippen molar-refractivity contribution in [2.75, 3.05) is 38.5 Å². The summed E-state index contributed by atoms with van der Waals surface area (Å²) in [5.74, 6) is 0.653. The maximum Gasteiger partial charge on any atom is 0.321 e. The van der Waals surface area contributed by atoms with Gasteiger partial charge < -0.3 is 15.1 Å². The number of anilines is 1. The average Bonchev–Trinajstić information content (AvgIpc) is 3.19. The van der Waals surface area contributed by atoms with Gasteiger partial charge in [0.1, 0.15) is 11.7 Å². The van der Waals surface area contributed by atoms with Gasteiger partial charge in [-0.05, 0) is 47.2 Å². The molecular weight excluding hydrogens is 385 g/mol. The smallest absolute Gasteiger partial charge is 0.321 e. The van der Waals surface area contributed by atoms with Crippen molar-refractivity contribution in [3.05, 3.63) is 29.0 Å². The molecule has 1 N–H and O–H groups in total. The van der Waals surface area contributed by atoms with E-state index in [9.17, 15) is 9.18 Å². The third-order valence-electron chi connectivity index (χ3n) is 6.65. The van der Waals surface area contributed by atoms with Crippen molar-refractivity contribution in [1.29, 1.82) is 0 Å². The molecule has 1 aromatic heterocycles. The number of carbonyl (C=O) groups excluding carboxylic acids is 1. The van der Waals surface area contributed by atoms with Gasteiger partial charge in [-0.15, -0.1) is 0 Å². The predicted molar refractivity (Wildman–Crippen MR) is 114 cm³/mol. The topological polar surface area (TPSA) is 77.0 Å². The van der Waals surface area contributed by atoms with Gasteiger partial charge in [-0.2, -0.15) is 0 Å². The number of piperazine rings is 1. The molecule has 3 aliphatic heterocycles. The molecule has 2 atom stereocenters. The van der Waals surface area contributed by atoms with Crippen LogP contribution in [0.3, 0.4) is 0 Å². The fourth-order valence-electron chi connectivity index (χ4n) is 4.54. The molecule has 4 rings (SSSR count). The Hall–Kier alpha value is -2.55. The number of nitrogens with zero attached hydrogens (tertiary/aromatic N) is 6. The van der Waals surface area contributed by atoms with E-state index in [0.29, 0.717) is 37.3 Å². The quantitative estimate of drug-likeness (QED) is 0.762. The number of hydrogen-bond donors (Lipinski definition) is 1. The Balaban J connectivity index is 1.55. The van der Waals surface area contributed by atoms with E-state index in [0.717, 1.165) is 23.9 Å². The summed E-state index contributed by atoms with van der Waals surface area (Å²) in [5, 5.41) is 3.03. The minimum Gasteiger partial charge on any atom is -0.322 e. The SMILES string of the molecule is Cc1ncc(F)c(NC2=NCC3=C2CN(C(=O)N2C[C@@H](C)N(C)C[C@@H]2C)C3(C)C)n1. The van der Waals surface area contributed by atoms with Gasteiger partial charge in [0, 0.05) is 30.7 Å². The van der Waals surface area contributed by atoms with Crippen molar-refractivity contribution in [2.24, 2.45) is 4.99 Å². The third-order valence-corrected chi connectivity index (χ3v) is 6.65. The lowest BCUT2D eigenvalue weighted by Gasteiger charge is -2.46. The van der Waals surface area contributed by atoms with E-state index >= 15 is 0 Å². The summed E-state index contributed by atoms with van der Waals surface area (Å²) in [6.07, 6.45) is 1.15. The Labute approximate surface area is 176 Å². The highest BCUT2D eigenvalue weighted by Crippen LogP contribution is 2.39. The molecule has 30 heavy (non-hydrogen) atoms. The predicted octanol–water partition coefficient (Wildman–Crippen LogP) is 2.28. The van der Waals surface area contributed by atoms with Gasteiger partial charge in [0.2, 0.25) is 0 Å². The van der Waals surface area contributed by atoms with Crippen molar-refractivity contribution in [3.63, 3.8) is 0 Å². The third kappa shape index (κ3) is 3.34. The summed E-state index contributed by atoms with van der Waals surface area (Å²) in [4.78, 5) is 32.3. The maximum absolute atomic E-state index is 14.1. The van der Waals surface area contributed by atoms with E-state index in [-0.39, 0.29) is 17.9 Å². The van der Waals surface area contributed by atoms with Crippen LogP contribution in [0.2, 0.25) is 0 Å². The number of rotatable bonds is 1. The Kier molecular flexibility index (Phi) is 5.04. The molecule has 2 amide bonds. The molecule has 0 aliphatic carbocycles. The van der Waals surface area contributed by atoms with Crippen LogP contribution in [0.15, 0.2) is 22.3 Å². The molecule has 0 bridgehead atoms. The molecule has 9 heteroatoms. The largest absolute Gasteiger partial charge is 0.322 e. The lowest BCUT2D eigenvalue weighted by Crippen LogP contribution is -2.61. The highest BCUT2D eigenvalue weighted by molar-refractivity contribution is 6.11. The van der Waals surface area contributed by atoms with Crippen molar-refractivity contribution in [3.8, 4) is 0 Å².